The maximum Gasteiger partial charge on any atom is 0.407 e. The standard InChI is InChI=1S/C27H34N2O5/c1-4-29(15-9-14-25(30)31)26(32)23(18(2)3)16-28-27(33)34-17-24-21-12-7-5-10-19(21)20-11-6-8-13-22(20)24/h5-8,10-13,18,23-24H,4,9,14-17H2,1-3H3,(H,28,33)(H,30,31). The fourth-order valence-corrected chi connectivity index (χ4v) is 4.53. The lowest BCUT2D eigenvalue weighted by molar-refractivity contribution is -0.139. The van der Waals surface area contributed by atoms with E-state index in [0.29, 0.717) is 19.5 Å². The summed E-state index contributed by atoms with van der Waals surface area (Å²) in [5, 5.41) is 11.6. The molecule has 0 aliphatic heterocycles. The zero-order valence-corrected chi connectivity index (χ0v) is 20.1. The minimum Gasteiger partial charge on any atom is -0.481 e. The van der Waals surface area contributed by atoms with Crippen LogP contribution >= 0.6 is 0 Å². The molecule has 182 valence electrons. The van der Waals surface area contributed by atoms with Gasteiger partial charge in [0.2, 0.25) is 5.91 Å². The van der Waals surface area contributed by atoms with Gasteiger partial charge in [-0.2, -0.15) is 0 Å². The van der Waals surface area contributed by atoms with Gasteiger partial charge in [0.25, 0.3) is 0 Å². The van der Waals surface area contributed by atoms with E-state index in [1.807, 2.05) is 45.0 Å². The largest absolute Gasteiger partial charge is 0.481 e. The van der Waals surface area contributed by atoms with E-state index in [9.17, 15) is 14.4 Å². The minimum atomic E-state index is -0.874. The molecular weight excluding hydrogens is 432 g/mol. The Morgan fingerprint density at radius 3 is 2.15 bits per heavy atom. The summed E-state index contributed by atoms with van der Waals surface area (Å²) in [6, 6.07) is 16.3. The predicted octanol–water partition coefficient (Wildman–Crippen LogP) is 4.51. The molecule has 1 aliphatic rings. The molecule has 7 heteroatoms. The highest BCUT2D eigenvalue weighted by Gasteiger charge is 2.30. The molecule has 1 aliphatic carbocycles. The molecule has 0 saturated heterocycles. The Balaban J connectivity index is 1.57. The second kappa shape index (κ2) is 11.7. The van der Waals surface area contributed by atoms with Gasteiger partial charge in [0.15, 0.2) is 0 Å². The SMILES string of the molecule is CCN(CCCC(=O)O)C(=O)C(CNC(=O)OCC1c2ccccc2-c2ccccc21)C(C)C. The van der Waals surface area contributed by atoms with E-state index in [1.54, 1.807) is 4.90 Å². The third kappa shape index (κ3) is 5.95. The smallest absolute Gasteiger partial charge is 0.407 e. The van der Waals surface area contributed by atoms with Crippen LogP contribution in [0.3, 0.4) is 0 Å². The molecule has 1 atom stereocenters. The number of ether oxygens (including phenoxy) is 1. The van der Waals surface area contributed by atoms with Gasteiger partial charge in [0, 0.05) is 32.0 Å². The number of rotatable bonds is 11. The van der Waals surface area contributed by atoms with Gasteiger partial charge < -0.3 is 20.1 Å². The average Bonchev–Trinajstić information content (AvgIpc) is 3.14. The van der Waals surface area contributed by atoms with E-state index in [-0.39, 0.29) is 37.3 Å². The third-order valence-corrected chi connectivity index (χ3v) is 6.44. The molecule has 34 heavy (non-hydrogen) atoms. The lowest BCUT2D eigenvalue weighted by Gasteiger charge is -2.28. The Bertz CT molecular complexity index is 974. The van der Waals surface area contributed by atoms with Crippen LogP contribution in [0, 0.1) is 11.8 Å². The van der Waals surface area contributed by atoms with Crippen LogP contribution in [0.4, 0.5) is 4.79 Å². The first-order chi connectivity index (χ1) is 16.3. The summed E-state index contributed by atoms with van der Waals surface area (Å²) < 4.78 is 5.59. The maximum absolute atomic E-state index is 13.0. The van der Waals surface area contributed by atoms with Gasteiger partial charge >= 0.3 is 12.1 Å². The number of carboxylic acid groups (broad SMARTS) is 1. The minimum absolute atomic E-state index is 0.00918. The normalized spacial score (nSPS) is 13.2. The lowest BCUT2D eigenvalue weighted by atomic mass is 9.94. The van der Waals surface area contributed by atoms with Crippen LogP contribution in [0.1, 0.15) is 50.7 Å². The molecule has 0 aromatic heterocycles. The monoisotopic (exact) mass is 466 g/mol. The van der Waals surface area contributed by atoms with Gasteiger partial charge in [0.1, 0.15) is 6.61 Å². The van der Waals surface area contributed by atoms with Crippen molar-refractivity contribution in [3.63, 3.8) is 0 Å². The molecule has 2 N–H and O–H groups in total. The molecule has 2 amide bonds. The van der Waals surface area contributed by atoms with Crippen molar-refractivity contribution in [3.8, 4) is 11.1 Å². The summed E-state index contributed by atoms with van der Waals surface area (Å²) in [6.07, 6.45) is -0.123. The molecular formula is C27H34N2O5. The summed E-state index contributed by atoms with van der Waals surface area (Å²) in [4.78, 5) is 38.0. The molecule has 0 heterocycles. The first-order valence-corrected chi connectivity index (χ1v) is 11.9. The number of nitrogens with one attached hydrogen (secondary N) is 1. The summed E-state index contributed by atoms with van der Waals surface area (Å²) >= 11 is 0. The summed E-state index contributed by atoms with van der Waals surface area (Å²) in [5.41, 5.74) is 4.62. The van der Waals surface area contributed by atoms with Crippen LogP contribution < -0.4 is 5.32 Å². The molecule has 0 spiro atoms. The number of carbonyl (C=O) groups is 3. The summed E-state index contributed by atoms with van der Waals surface area (Å²) in [5.74, 6) is -1.38. The molecule has 7 nitrogen and oxygen atoms in total. The highest BCUT2D eigenvalue weighted by molar-refractivity contribution is 5.81. The van der Waals surface area contributed by atoms with Crippen molar-refractivity contribution in [1.82, 2.24) is 10.2 Å². The van der Waals surface area contributed by atoms with E-state index in [2.05, 4.69) is 29.6 Å². The van der Waals surface area contributed by atoms with E-state index >= 15 is 0 Å². The van der Waals surface area contributed by atoms with Gasteiger partial charge in [0.05, 0.1) is 5.92 Å². The van der Waals surface area contributed by atoms with Crippen molar-refractivity contribution in [2.24, 2.45) is 11.8 Å². The van der Waals surface area contributed by atoms with E-state index in [1.165, 1.54) is 11.1 Å². The van der Waals surface area contributed by atoms with Crippen molar-refractivity contribution >= 4 is 18.0 Å². The number of hydrogen-bond donors (Lipinski definition) is 2. The number of nitrogens with zero attached hydrogens (tertiary/aromatic N) is 1. The molecule has 3 rings (SSSR count). The molecule has 0 radical (unpaired) electrons. The molecule has 2 aromatic carbocycles. The number of amides is 2. The lowest BCUT2D eigenvalue weighted by Crippen LogP contribution is -2.44. The summed E-state index contributed by atoms with van der Waals surface area (Å²) in [6.45, 7) is 7.01. The Morgan fingerprint density at radius 2 is 1.62 bits per heavy atom. The topological polar surface area (TPSA) is 95.9 Å². The van der Waals surface area contributed by atoms with E-state index in [4.69, 9.17) is 9.84 Å². The predicted molar refractivity (Wildman–Crippen MR) is 131 cm³/mol. The number of carboxylic acids is 1. The van der Waals surface area contributed by atoms with Crippen molar-refractivity contribution in [2.45, 2.75) is 39.5 Å². The number of hydrogen-bond acceptors (Lipinski definition) is 4. The van der Waals surface area contributed by atoms with Crippen LogP contribution in [0.5, 0.6) is 0 Å². The third-order valence-electron chi connectivity index (χ3n) is 6.44. The highest BCUT2D eigenvalue weighted by Crippen LogP contribution is 2.44. The number of fused-ring (bicyclic) bond motifs is 3. The quantitative estimate of drug-likeness (QED) is 0.508. The van der Waals surface area contributed by atoms with Gasteiger partial charge in [-0.05, 0) is 41.5 Å². The Labute approximate surface area is 201 Å². The van der Waals surface area contributed by atoms with Gasteiger partial charge in [-0.15, -0.1) is 0 Å². The molecule has 2 aromatic rings. The zero-order chi connectivity index (χ0) is 24.7. The fraction of sp³-hybridized carbons (Fsp3) is 0.444. The molecule has 0 fully saturated rings. The van der Waals surface area contributed by atoms with Gasteiger partial charge in [-0.1, -0.05) is 62.4 Å². The van der Waals surface area contributed by atoms with Gasteiger partial charge in [-0.3, -0.25) is 9.59 Å². The van der Waals surface area contributed by atoms with Crippen molar-refractivity contribution in [3.05, 3.63) is 59.7 Å². The van der Waals surface area contributed by atoms with Crippen LogP contribution in [0.15, 0.2) is 48.5 Å². The number of alkyl carbamates (subject to hydrolysis) is 1. The van der Waals surface area contributed by atoms with Crippen LogP contribution in [-0.2, 0) is 14.3 Å². The zero-order valence-electron chi connectivity index (χ0n) is 20.1. The highest BCUT2D eigenvalue weighted by atomic mass is 16.5. The molecule has 1 unspecified atom stereocenters. The fourth-order valence-electron chi connectivity index (χ4n) is 4.53. The second-order valence-electron chi connectivity index (χ2n) is 8.97. The summed E-state index contributed by atoms with van der Waals surface area (Å²) in [7, 11) is 0. The van der Waals surface area contributed by atoms with Crippen molar-refractivity contribution in [2.75, 3.05) is 26.2 Å². The Morgan fingerprint density at radius 1 is 1.03 bits per heavy atom. The molecule has 0 saturated carbocycles. The van der Waals surface area contributed by atoms with Gasteiger partial charge in [-0.25, -0.2) is 4.79 Å². The van der Waals surface area contributed by atoms with E-state index < -0.39 is 18.0 Å². The first-order valence-electron chi connectivity index (χ1n) is 11.9. The first kappa shape index (κ1) is 25.3. The maximum atomic E-state index is 13.0. The van der Waals surface area contributed by atoms with Crippen molar-refractivity contribution in [1.29, 1.82) is 0 Å². The van der Waals surface area contributed by atoms with Crippen LogP contribution in [-0.4, -0.2) is 54.2 Å². The molecule has 0 bridgehead atoms. The van der Waals surface area contributed by atoms with E-state index in [0.717, 1.165) is 11.1 Å². The number of benzene rings is 2. The average molecular weight is 467 g/mol. The second-order valence-corrected chi connectivity index (χ2v) is 8.97. The number of carbonyl (C=O) groups excluding carboxylic acids is 2. The Kier molecular flexibility index (Phi) is 8.68. The van der Waals surface area contributed by atoms with Crippen molar-refractivity contribution < 1.29 is 24.2 Å². The van der Waals surface area contributed by atoms with Crippen LogP contribution in [0.2, 0.25) is 0 Å². The Hall–Kier alpha value is -3.35. The van der Waals surface area contributed by atoms with Crippen LogP contribution in [0.25, 0.3) is 11.1 Å². The number of aliphatic carboxylic acids is 1.